The maximum absolute atomic E-state index is 6.11. The highest BCUT2D eigenvalue weighted by Gasteiger charge is 2.52. The van der Waals surface area contributed by atoms with Crippen LogP contribution >= 0.6 is 0 Å². The molecule has 1 aromatic rings. The van der Waals surface area contributed by atoms with Gasteiger partial charge in [0, 0.05) is 26.3 Å². The number of hydrogen-bond acceptors (Lipinski definition) is 4. The molecular formula is C14H24BN3O2. The second-order valence-corrected chi connectivity index (χ2v) is 6.82. The minimum Gasteiger partial charge on any atom is -0.398 e. The van der Waals surface area contributed by atoms with Crippen molar-refractivity contribution in [2.24, 2.45) is 7.05 Å². The third-order valence-electron chi connectivity index (χ3n) is 4.88. The highest BCUT2D eigenvalue weighted by atomic mass is 16.7. The molecule has 0 atom stereocenters. The zero-order chi connectivity index (χ0) is 14.5. The second kappa shape index (κ2) is 4.50. The fraction of sp³-hybridized carbons (Fsp3) is 0.786. The van der Waals surface area contributed by atoms with E-state index in [1.165, 1.54) is 12.8 Å². The topological polar surface area (TPSA) is 39.5 Å². The summed E-state index contributed by atoms with van der Waals surface area (Å²) in [5, 5.41) is 0. The van der Waals surface area contributed by atoms with E-state index in [0.717, 1.165) is 24.6 Å². The summed E-state index contributed by atoms with van der Waals surface area (Å²) in [5.41, 5.74) is 0.372. The Hall–Kier alpha value is -1.01. The van der Waals surface area contributed by atoms with Crippen LogP contribution in [-0.2, 0) is 16.4 Å². The van der Waals surface area contributed by atoms with Crippen LogP contribution < -0.4 is 10.5 Å². The third-order valence-corrected chi connectivity index (χ3v) is 4.88. The van der Waals surface area contributed by atoms with Gasteiger partial charge in [-0.1, -0.05) is 0 Å². The normalized spacial score (nSPS) is 24.6. The smallest absolute Gasteiger partial charge is 0.398 e. The minimum atomic E-state index is -0.339. The van der Waals surface area contributed by atoms with Crippen LogP contribution in [0.15, 0.2) is 6.20 Å². The van der Waals surface area contributed by atoms with E-state index in [1.54, 1.807) is 0 Å². The second-order valence-electron chi connectivity index (χ2n) is 6.82. The Labute approximate surface area is 121 Å². The van der Waals surface area contributed by atoms with Gasteiger partial charge in [-0.05, 0) is 40.5 Å². The summed E-state index contributed by atoms with van der Waals surface area (Å²) in [4.78, 5) is 6.89. The predicted molar refractivity (Wildman–Crippen MR) is 80.4 cm³/mol. The Balaban J connectivity index is 1.86. The van der Waals surface area contributed by atoms with Crippen LogP contribution in [-0.4, -0.2) is 41.0 Å². The van der Waals surface area contributed by atoms with Crippen molar-refractivity contribution in [3.8, 4) is 0 Å². The van der Waals surface area contributed by atoms with Gasteiger partial charge < -0.3 is 18.8 Å². The number of rotatable bonds is 2. The maximum atomic E-state index is 6.11. The summed E-state index contributed by atoms with van der Waals surface area (Å²) in [6, 6.07) is 0. The van der Waals surface area contributed by atoms with Crippen molar-refractivity contribution in [3.63, 3.8) is 0 Å². The van der Waals surface area contributed by atoms with E-state index in [4.69, 9.17) is 9.31 Å². The van der Waals surface area contributed by atoms with E-state index in [1.807, 2.05) is 13.2 Å². The fourth-order valence-corrected chi connectivity index (χ4v) is 2.81. The van der Waals surface area contributed by atoms with Gasteiger partial charge in [-0.15, -0.1) is 0 Å². The summed E-state index contributed by atoms with van der Waals surface area (Å²) < 4.78 is 14.3. The van der Waals surface area contributed by atoms with E-state index < -0.39 is 0 Å². The molecule has 0 amide bonds. The van der Waals surface area contributed by atoms with Crippen LogP contribution in [0.4, 0.5) is 5.95 Å². The lowest BCUT2D eigenvalue weighted by molar-refractivity contribution is 0.00578. The average molecular weight is 277 g/mol. The van der Waals surface area contributed by atoms with E-state index in [2.05, 4.69) is 42.1 Å². The zero-order valence-corrected chi connectivity index (χ0v) is 13.1. The van der Waals surface area contributed by atoms with E-state index >= 15 is 0 Å². The molecule has 3 rings (SSSR count). The highest BCUT2D eigenvalue weighted by molar-refractivity contribution is 6.61. The van der Waals surface area contributed by atoms with Crippen LogP contribution in [0, 0.1) is 0 Å². The van der Waals surface area contributed by atoms with Gasteiger partial charge in [-0.25, -0.2) is 4.98 Å². The first kappa shape index (κ1) is 14.0. The molecule has 2 saturated heterocycles. The lowest BCUT2D eigenvalue weighted by Crippen LogP contribution is -2.41. The Morgan fingerprint density at radius 3 is 2.20 bits per heavy atom. The molecule has 2 aliphatic heterocycles. The van der Waals surface area contributed by atoms with Crippen molar-refractivity contribution in [3.05, 3.63) is 6.20 Å². The van der Waals surface area contributed by atoms with Crippen molar-refractivity contribution >= 4 is 18.7 Å². The highest BCUT2D eigenvalue weighted by Crippen LogP contribution is 2.36. The van der Waals surface area contributed by atoms with Crippen LogP contribution in [0.2, 0.25) is 0 Å². The Bertz CT molecular complexity index is 491. The first-order valence-electron chi connectivity index (χ1n) is 7.44. The largest absolute Gasteiger partial charge is 0.514 e. The van der Waals surface area contributed by atoms with Gasteiger partial charge in [0.2, 0.25) is 5.95 Å². The molecule has 0 aromatic carbocycles. The molecular weight excluding hydrogens is 253 g/mol. The molecule has 5 nitrogen and oxygen atoms in total. The Morgan fingerprint density at radius 2 is 1.65 bits per heavy atom. The van der Waals surface area contributed by atoms with Gasteiger partial charge in [-0.3, -0.25) is 0 Å². The Kier molecular flexibility index (Phi) is 3.14. The molecule has 0 spiro atoms. The molecule has 2 aliphatic rings. The van der Waals surface area contributed by atoms with Gasteiger partial charge in [-0.2, -0.15) is 0 Å². The zero-order valence-electron chi connectivity index (χ0n) is 13.1. The van der Waals surface area contributed by atoms with Gasteiger partial charge in [0.25, 0.3) is 0 Å². The molecule has 20 heavy (non-hydrogen) atoms. The third kappa shape index (κ3) is 2.06. The van der Waals surface area contributed by atoms with Crippen molar-refractivity contribution in [2.45, 2.75) is 51.7 Å². The van der Waals surface area contributed by atoms with E-state index in [0.29, 0.717) is 0 Å². The lowest BCUT2D eigenvalue weighted by atomic mass is 9.85. The number of imidazole rings is 1. The van der Waals surface area contributed by atoms with Crippen molar-refractivity contribution in [2.75, 3.05) is 18.0 Å². The monoisotopic (exact) mass is 277 g/mol. The number of nitrogens with zero attached hydrogens (tertiary/aromatic N) is 3. The Morgan fingerprint density at radius 1 is 1.10 bits per heavy atom. The standard InChI is InChI=1S/C14H24BN3O2/c1-13(2)14(3,4)20-15(19-13)11-10-16-12(17(11)5)18-8-6-7-9-18/h10H,6-9H2,1-5H3. The van der Waals surface area contributed by atoms with E-state index in [-0.39, 0.29) is 18.3 Å². The van der Waals surface area contributed by atoms with Gasteiger partial charge in [0.1, 0.15) is 0 Å². The number of aromatic nitrogens is 2. The summed E-state index contributed by atoms with van der Waals surface area (Å²) >= 11 is 0. The molecule has 0 N–H and O–H groups in total. The summed E-state index contributed by atoms with van der Waals surface area (Å²) in [5.74, 6) is 1.02. The minimum absolute atomic E-state index is 0.310. The molecule has 0 aliphatic carbocycles. The summed E-state index contributed by atoms with van der Waals surface area (Å²) in [6.45, 7) is 10.5. The molecule has 0 saturated carbocycles. The van der Waals surface area contributed by atoms with Crippen LogP contribution in [0.25, 0.3) is 0 Å². The molecule has 1 aromatic heterocycles. The van der Waals surface area contributed by atoms with Gasteiger partial charge in [0.05, 0.1) is 16.8 Å². The molecule has 3 heterocycles. The molecule has 110 valence electrons. The molecule has 6 heteroatoms. The van der Waals surface area contributed by atoms with Crippen LogP contribution in [0.1, 0.15) is 40.5 Å². The predicted octanol–water partition coefficient (Wildman–Crippen LogP) is 1.32. The van der Waals surface area contributed by atoms with Crippen molar-refractivity contribution < 1.29 is 9.31 Å². The SMILES string of the molecule is Cn1c(B2OC(C)(C)C(C)(C)O2)cnc1N1CCCC1. The van der Waals surface area contributed by atoms with Crippen molar-refractivity contribution in [1.82, 2.24) is 9.55 Å². The first-order valence-corrected chi connectivity index (χ1v) is 7.44. The fourth-order valence-electron chi connectivity index (χ4n) is 2.81. The number of hydrogen-bond donors (Lipinski definition) is 0. The van der Waals surface area contributed by atoms with E-state index in [9.17, 15) is 0 Å². The first-order chi connectivity index (χ1) is 9.32. The molecule has 0 unspecified atom stereocenters. The van der Waals surface area contributed by atoms with Crippen LogP contribution in [0.3, 0.4) is 0 Å². The van der Waals surface area contributed by atoms with Gasteiger partial charge in [0.15, 0.2) is 0 Å². The number of anilines is 1. The molecule has 0 radical (unpaired) electrons. The quantitative estimate of drug-likeness (QED) is 0.764. The molecule has 0 bridgehead atoms. The summed E-state index contributed by atoms with van der Waals surface area (Å²) in [6.07, 6.45) is 4.38. The maximum Gasteiger partial charge on any atom is 0.514 e. The molecule has 2 fully saturated rings. The summed E-state index contributed by atoms with van der Waals surface area (Å²) in [7, 11) is 1.70. The average Bonchev–Trinajstić information content (AvgIpc) is 2.99. The van der Waals surface area contributed by atoms with Crippen molar-refractivity contribution in [1.29, 1.82) is 0 Å². The lowest BCUT2D eigenvalue weighted by Gasteiger charge is -2.32. The van der Waals surface area contributed by atoms with Gasteiger partial charge >= 0.3 is 7.12 Å². The van der Waals surface area contributed by atoms with Crippen LogP contribution in [0.5, 0.6) is 0 Å².